The Morgan fingerprint density at radius 1 is 0.550 bits per heavy atom. The summed E-state index contributed by atoms with van der Waals surface area (Å²) in [5, 5.41) is 0. The molecule has 10 N–H and O–H groups in total. The molecular formula is C14H24Cl3N3. The maximum atomic E-state index is 3.76. The van der Waals surface area contributed by atoms with Gasteiger partial charge in [-0.2, -0.15) is 0 Å². The second-order valence-electron chi connectivity index (χ2n) is 3.47. The average Bonchev–Trinajstić information content (AvgIpc) is 2.41. The van der Waals surface area contributed by atoms with Crippen LogP contribution in [-0.2, 0) is 13.1 Å². The van der Waals surface area contributed by atoms with E-state index in [0.717, 1.165) is 13.1 Å². The second kappa shape index (κ2) is 18.2. The van der Waals surface area contributed by atoms with Gasteiger partial charge in [0.25, 0.3) is 0 Å². The van der Waals surface area contributed by atoms with Crippen LogP contribution in [0.2, 0.25) is 0 Å². The Balaban J connectivity index is -0.000000107. The smallest absolute Gasteiger partial charge is 0.0997 e. The van der Waals surface area contributed by atoms with Crippen molar-refractivity contribution in [2.24, 2.45) is 0 Å². The predicted octanol–water partition coefficient (Wildman–Crippen LogP) is -7.75. The van der Waals surface area contributed by atoms with Gasteiger partial charge in [-0.1, -0.05) is 60.7 Å². The molecule has 0 aromatic heterocycles. The number of halogens is 3. The number of hydrogen-bond donors (Lipinski definition) is 3. The Morgan fingerprint density at radius 3 is 0.950 bits per heavy atom. The molecule has 3 nitrogen and oxygen atoms in total. The molecule has 0 unspecified atom stereocenters. The van der Waals surface area contributed by atoms with E-state index < -0.39 is 0 Å². The number of rotatable bonds is 2. The molecule has 116 valence electrons. The second-order valence-corrected chi connectivity index (χ2v) is 3.47. The lowest BCUT2D eigenvalue weighted by atomic mass is 10.2. The van der Waals surface area contributed by atoms with Crippen LogP contribution in [0.4, 0.5) is 0 Å². The maximum absolute atomic E-state index is 3.76. The molecule has 0 bridgehead atoms. The van der Waals surface area contributed by atoms with E-state index in [4.69, 9.17) is 0 Å². The highest BCUT2D eigenvalue weighted by Gasteiger charge is 1.83. The fraction of sp³-hybridized carbons (Fsp3) is 0.143. The molecule has 2 aromatic carbocycles. The van der Waals surface area contributed by atoms with Gasteiger partial charge in [0.1, 0.15) is 0 Å². The molecule has 0 saturated heterocycles. The molecular weight excluding hydrogens is 317 g/mol. The van der Waals surface area contributed by atoms with Crippen molar-refractivity contribution in [3.63, 3.8) is 0 Å². The summed E-state index contributed by atoms with van der Waals surface area (Å²) in [6.07, 6.45) is 0. The highest BCUT2D eigenvalue weighted by Crippen LogP contribution is 1.93. The van der Waals surface area contributed by atoms with Crippen LogP contribution in [0, 0.1) is 0 Å². The van der Waals surface area contributed by atoms with E-state index in [2.05, 4.69) is 35.7 Å². The van der Waals surface area contributed by atoms with E-state index in [-0.39, 0.29) is 43.4 Å². The van der Waals surface area contributed by atoms with Crippen LogP contribution in [0.3, 0.4) is 0 Å². The van der Waals surface area contributed by atoms with E-state index in [1.807, 2.05) is 36.4 Å². The van der Waals surface area contributed by atoms with Crippen LogP contribution in [0.15, 0.2) is 60.7 Å². The van der Waals surface area contributed by atoms with Crippen LogP contribution in [0.25, 0.3) is 0 Å². The Morgan fingerprint density at radius 2 is 0.800 bits per heavy atom. The third-order valence-corrected chi connectivity index (χ3v) is 2.26. The van der Waals surface area contributed by atoms with E-state index in [1.54, 1.807) is 0 Å². The summed E-state index contributed by atoms with van der Waals surface area (Å²) in [4.78, 5) is 0. The van der Waals surface area contributed by atoms with Crippen molar-refractivity contribution in [3.05, 3.63) is 71.8 Å². The number of hydrogen-bond acceptors (Lipinski definition) is 0. The van der Waals surface area contributed by atoms with E-state index >= 15 is 0 Å². The Hall–Kier alpha value is -0.810. The molecule has 6 heteroatoms. The zero-order valence-corrected chi connectivity index (χ0v) is 14.0. The van der Waals surface area contributed by atoms with Crippen molar-refractivity contribution in [2.75, 3.05) is 0 Å². The van der Waals surface area contributed by atoms with Gasteiger partial charge in [-0.15, -0.1) is 0 Å². The molecule has 0 aliphatic carbocycles. The van der Waals surface area contributed by atoms with E-state index in [1.165, 1.54) is 11.1 Å². The molecule has 0 heterocycles. The van der Waals surface area contributed by atoms with E-state index in [9.17, 15) is 0 Å². The van der Waals surface area contributed by atoms with Gasteiger partial charge in [0, 0.05) is 11.1 Å². The molecule has 2 aromatic rings. The summed E-state index contributed by atoms with van der Waals surface area (Å²) in [5.41, 5.74) is 10.1. The van der Waals surface area contributed by atoms with Gasteiger partial charge in [-0.05, 0) is 0 Å². The minimum Gasteiger partial charge on any atom is -1.00 e. The SMILES string of the molecule is [Cl-].[Cl-].[Cl-].[NH3+]Cc1ccccc1.[NH3+]Cc1ccccc1.[NH4+]. The monoisotopic (exact) mass is 339 g/mol. The Kier molecular flexibility index (Phi) is 25.0. The van der Waals surface area contributed by atoms with Crippen molar-refractivity contribution in [3.8, 4) is 0 Å². The standard InChI is InChI=1S/2C7H9N.3ClH.H3N/c2*8-6-7-4-2-1-3-5-7;;;;/h2*1-5H,6,8H2;3*1H;1H3. The summed E-state index contributed by atoms with van der Waals surface area (Å²) >= 11 is 0. The first-order valence-electron chi connectivity index (χ1n) is 5.53. The molecule has 0 aliphatic rings. The minimum atomic E-state index is 0. The first-order valence-corrected chi connectivity index (χ1v) is 5.53. The Bertz CT molecular complexity index is 346. The topological polar surface area (TPSA) is 91.8 Å². The summed E-state index contributed by atoms with van der Waals surface area (Å²) in [6, 6.07) is 20.4. The zero-order chi connectivity index (χ0) is 11.6. The fourth-order valence-electron chi connectivity index (χ4n) is 1.29. The molecule has 0 spiro atoms. The normalized spacial score (nSPS) is 7.30. The summed E-state index contributed by atoms with van der Waals surface area (Å²) < 4.78 is 0. The maximum Gasteiger partial charge on any atom is 0.0997 e. The number of quaternary nitrogens is 3. The van der Waals surface area contributed by atoms with Gasteiger partial charge < -0.3 is 54.8 Å². The summed E-state index contributed by atoms with van der Waals surface area (Å²) in [6.45, 7) is 1.78. The lowest BCUT2D eigenvalue weighted by Gasteiger charge is -1.87. The molecule has 0 radical (unpaired) electrons. The molecule has 20 heavy (non-hydrogen) atoms. The van der Waals surface area contributed by atoms with Crippen LogP contribution >= 0.6 is 0 Å². The molecule has 0 fully saturated rings. The zero-order valence-electron chi connectivity index (χ0n) is 11.7. The van der Waals surface area contributed by atoms with Crippen LogP contribution in [-0.4, -0.2) is 0 Å². The first-order chi connectivity index (χ1) is 7.86. The van der Waals surface area contributed by atoms with Gasteiger partial charge >= 0.3 is 0 Å². The first kappa shape index (κ1) is 27.5. The van der Waals surface area contributed by atoms with Crippen LogP contribution < -0.4 is 54.8 Å². The minimum absolute atomic E-state index is 0. The average molecular weight is 341 g/mol. The van der Waals surface area contributed by atoms with Crippen molar-refractivity contribution in [1.29, 1.82) is 0 Å². The van der Waals surface area contributed by atoms with Crippen LogP contribution in [0.1, 0.15) is 11.1 Å². The largest absolute Gasteiger partial charge is 1.00 e. The van der Waals surface area contributed by atoms with Gasteiger partial charge in [-0.25, -0.2) is 0 Å². The Labute approximate surface area is 139 Å². The lowest BCUT2D eigenvalue weighted by molar-refractivity contribution is -0.386. The molecule has 0 saturated carbocycles. The van der Waals surface area contributed by atoms with Gasteiger partial charge in [0.15, 0.2) is 0 Å². The third kappa shape index (κ3) is 12.2. The van der Waals surface area contributed by atoms with Gasteiger partial charge in [0.2, 0.25) is 0 Å². The molecule has 0 aliphatic heterocycles. The third-order valence-electron chi connectivity index (χ3n) is 2.26. The van der Waals surface area contributed by atoms with Crippen molar-refractivity contribution in [1.82, 2.24) is 6.15 Å². The number of benzene rings is 2. The predicted molar refractivity (Wildman–Crippen MR) is 72.1 cm³/mol. The van der Waals surface area contributed by atoms with Gasteiger partial charge in [-0.3, -0.25) is 0 Å². The quantitative estimate of drug-likeness (QED) is 0.485. The molecule has 0 atom stereocenters. The summed E-state index contributed by atoms with van der Waals surface area (Å²) in [5.74, 6) is 0. The van der Waals surface area contributed by atoms with E-state index in [0.29, 0.717) is 0 Å². The highest BCUT2D eigenvalue weighted by molar-refractivity contribution is 5.13. The molecule has 2 rings (SSSR count). The van der Waals surface area contributed by atoms with Gasteiger partial charge in [0.05, 0.1) is 13.1 Å². The van der Waals surface area contributed by atoms with Crippen LogP contribution in [0.5, 0.6) is 0 Å². The lowest BCUT2D eigenvalue weighted by Crippen LogP contribution is -3.00. The van der Waals surface area contributed by atoms with Crippen molar-refractivity contribution in [2.45, 2.75) is 13.1 Å². The van der Waals surface area contributed by atoms with Crippen molar-refractivity contribution >= 4 is 0 Å². The van der Waals surface area contributed by atoms with Crippen molar-refractivity contribution < 1.29 is 48.7 Å². The fourth-order valence-corrected chi connectivity index (χ4v) is 1.29. The highest BCUT2D eigenvalue weighted by atomic mass is 35.5. The summed E-state index contributed by atoms with van der Waals surface area (Å²) in [7, 11) is 0. The molecule has 0 amide bonds.